The second-order valence-corrected chi connectivity index (χ2v) is 6.81. The van der Waals surface area contributed by atoms with Crippen LogP contribution in [0.1, 0.15) is 0 Å². The van der Waals surface area contributed by atoms with Crippen LogP contribution in [-0.4, -0.2) is 74.8 Å². The number of phosphoric ester groups is 1. The lowest BCUT2D eigenvalue weighted by Crippen LogP contribution is -2.45. The molecule has 1 saturated heterocycles. The molecule has 0 saturated carbocycles. The Balaban J connectivity index is 1.79. The number of aliphatic hydroxyl groups is 2. The summed E-state index contributed by atoms with van der Waals surface area (Å²) in [4.78, 5) is 28.9. The van der Waals surface area contributed by atoms with E-state index in [1.54, 1.807) is 16.8 Å². The van der Waals surface area contributed by atoms with Crippen LogP contribution in [0.5, 0.6) is 0 Å². The zero-order valence-corrected chi connectivity index (χ0v) is 13.5. The predicted octanol–water partition coefficient (Wildman–Crippen LogP) is -2.17. The normalized spacial score (nSPS) is 30.0. The van der Waals surface area contributed by atoms with Crippen molar-refractivity contribution in [1.82, 2.24) is 9.97 Å². The number of hydrogen-bond acceptors (Lipinski definition) is 10. The first kappa shape index (κ1) is 17.3. The molecule has 12 nitrogen and oxygen atoms in total. The number of fused-ring (bicyclic) bond motifs is 1. The number of nitrogens with two attached hydrogens (primary N) is 1. The first-order chi connectivity index (χ1) is 11.2. The number of phosphoric acid groups is 1. The van der Waals surface area contributed by atoms with Gasteiger partial charge in [0.05, 0.1) is 13.3 Å². The summed E-state index contributed by atoms with van der Waals surface area (Å²) in [5.41, 5.74) is 6.40. The fourth-order valence-corrected chi connectivity index (χ4v) is 3.16. The molecule has 3 heterocycles. The Labute approximate surface area is 136 Å². The van der Waals surface area contributed by atoms with Crippen molar-refractivity contribution in [1.29, 1.82) is 0 Å². The fourth-order valence-electron chi connectivity index (χ4n) is 2.82. The molecule has 1 aromatic heterocycles. The first-order valence-electron chi connectivity index (χ1n) is 6.99. The van der Waals surface area contributed by atoms with E-state index in [1.165, 1.54) is 6.33 Å². The number of rotatable bonds is 4. The molecular formula is C11H18N5O7P. The second kappa shape index (κ2) is 6.08. The lowest BCUT2D eigenvalue weighted by Gasteiger charge is -2.27. The Hall–Kier alpha value is -1.53. The van der Waals surface area contributed by atoms with E-state index in [-0.39, 0.29) is 12.5 Å². The van der Waals surface area contributed by atoms with Crippen LogP contribution in [0.25, 0.3) is 0 Å². The van der Waals surface area contributed by atoms with Gasteiger partial charge in [-0.3, -0.25) is 4.52 Å². The van der Waals surface area contributed by atoms with E-state index in [1.807, 2.05) is 0 Å². The predicted molar refractivity (Wildman–Crippen MR) is 80.9 cm³/mol. The molecule has 0 amide bonds. The average molecular weight is 363 g/mol. The molecule has 0 aliphatic carbocycles. The third-order valence-corrected chi connectivity index (χ3v) is 4.39. The van der Waals surface area contributed by atoms with Crippen LogP contribution >= 0.6 is 7.82 Å². The van der Waals surface area contributed by atoms with Gasteiger partial charge >= 0.3 is 7.82 Å². The maximum atomic E-state index is 10.8. The van der Waals surface area contributed by atoms with E-state index in [2.05, 4.69) is 14.5 Å². The zero-order valence-electron chi connectivity index (χ0n) is 12.6. The number of ether oxygens (including phenoxy) is 1. The van der Waals surface area contributed by atoms with Crippen LogP contribution < -0.4 is 15.5 Å². The quantitative estimate of drug-likeness (QED) is 0.367. The number of hydrogen-bond donors (Lipinski definition) is 5. The van der Waals surface area contributed by atoms with Crippen LogP contribution in [0.4, 0.5) is 17.3 Å². The minimum absolute atomic E-state index is 0.263. The van der Waals surface area contributed by atoms with Crippen molar-refractivity contribution in [2.75, 3.05) is 35.9 Å². The van der Waals surface area contributed by atoms with Crippen molar-refractivity contribution < 1.29 is 33.8 Å². The van der Waals surface area contributed by atoms with Crippen LogP contribution in [0.3, 0.4) is 0 Å². The van der Waals surface area contributed by atoms with Gasteiger partial charge < -0.3 is 40.3 Å². The van der Waals surface area contributed by atoms with Gasteiger partial charge in [-0.1, -0.05) is 0 Å². The minimum Gasteiger partial charge on any atom is -0.387 e. The van der Waals surface area contributed by atoms with Gasteiger partial charge in [0.1, 0.15) is 30.3 Å². The van der Waals surface area contributed by atoms with Gasteiger partial charge in [-0.05, 0) is 0 Å². The van der Waals surface area contributed by atoms with Gasteiger partial charge in [-0.25, -0.2) is 14.5 Å². The molecule has 2 unspecified atom stereocenters. The highest BCUT2D eigenvalue weighted by Gasteiger charge is 2.48. The average Bonchev–Trinajstić information content (AvgIpc) is 2.96. The highest BCUT2D eigenvalue weighted by molar-refractivity contribution is 7.46. The number of anilines is 3. The molecule has 4 atom stereocenters. The third-order valence-electron chi connectivity index (χ3n) is 3.90. The van der Waals surface area contributed by atoms with Crippen molar-refractivity contribution in [3.05, 3.63) is 6.33 Å². The third kappa shape index (κ3) is 3.05. The van der Waals surface area contributed by atoms with Gasteiger partial charge in [0.2, 0.25) is 0 Å². The van der Waals surface area contributed by atoms with Crippen LogP contribution in [-0.2, 0) is 13.8 Å². The monoisotopic (exact) mass is 363 g/mol. The highest BCUT2D eigenvalue weighted by atomic mass is 31.2. The van der Waals surface area contributed by atoms with Crippen LogP contribution in [0.2, 0.25) is 0 Å². The van der Waals surface area contributed by atoms with Crippen molar-refractivity contribution in [2.24, 2.45) is 0 Å². The number of aromatic nitrogens is 2. The maximum absolute atomic E-state index is 10.8. The summed E-state index contributed by atoms with van der Waals surface area (Å²) in [7, 11) is -2.96. The van der Waals surface area contributed by atoms with Crippen LogP contribution in [0.15, 0.2) is 6.33 Å². The zero-order chi connectivity index (χ0) is 17.6. The lowest BCUT2D eigenvalue weighted by molar-refractivity contribution is -0.0217. The molecule has 3 rings (SSSR count). The van der Waals surface area contributed by atoms with Gasteiger partial charge in [-0.15, -0.1) is 0 Å². The summed E-state index contributed by atoms with van der Waals surface area (Å²) in [6.07, 6.45) is -3.53. The number of nitrogens with zero attached hydrogens (tertiary/aromatic N) is 4. The van der Waals surface area contributed by atoms with E-state index in [9.17, 15) is 14.8 Å². The molecule has 134 valence electrons. The molecule has 0 radical (unpaired) electrons. The Morgan fingerprint density at radius 2 is 2.12 bits per heavy atom. The molecule has 0 bridgehead atoms. The fraction of sp³-hybridized carbons (Fsp3) is 0.636. The minimum atomic E-state index is -4.71. The van der Waals surface area contributed by atoms with E-state index >= 15 is 0 Å². The molecule has 2 aliphatic heterocycles. The lowest BCUT2D eigenvalue weighted by atomic mass is 10.1. The standard InChI is InChI=1S/C11H18N5O7P/c1-15-4-16(10-6(15)9(12)13-3-14-10)11-8(18)7(17)5(23-11)2-22-24(19,20)21/h3,5,7-8,11,17-18H,2,4H2,1H3,(H2,12,13,14)(H2,19,20,21)/t5-,7?,8?,11-/m1/s1. The SMILES string of the molecule is CN1CN([C@@H]2O[C@H](COP(=O)(O)O)C(O)C2O)c2ncnc(N)c21. The summed E-state index contributed by atoms with van der Waals surface area (Å²) in [6, 6.07) is 0. The summed E-state index contributed by atoms with van der Waals surface area (Å²) >= 11 is 0. The van der Waals surface area contributed by atoms with Crippen molar-refractivity contribution in [2.45, 2.75) is 24.5 Å². The maximum Gasteiger partial charge on any atom is 0.469 e. The van der Waals surface area contributed by atoms with Gasteiger partial charge in [0.25, 0.3) is 0 Å². The Morgan fingerprint density at radius 3 is 2.79 bits per heavy atom. The summed E-state index contributed by atoms with van der Waals surface area (Å²) < 4.78 is 20.7. The Kier molecular flexibility index (Phi) is 4.38. The van der Waals surface area contributed by atoms with Gasteiger partial charge in [0, 0.05) is 7.05 Å². The van der Waals surface area contributed by atoms with E-state index < -0.39 is 39.0 Å². The molecule has 0 spiro atoms. The molecule has 2 aliphatic rings. The smallest absolute Gasteiger partial charge is 0.387 e. The van der Waals surface area contributed by atoms with Crippen LogP contribution in [0, 0.1) is 0 Å². The Morgan fingerprint density at radius 1 is 1.42 bits per heavy atom. The van der Waals surface area contributed by atoms with E-state index in [0.717, 1.165) is 0 Å². The van der Waals surface area contributed by atoms with Crippen molar-refractivity contribution >= 4 is 25.1 Å². The second-order valence-electron chi connectivity index (χ2n) is 5.57. The number of nitrogen functional groups attached to an aromatic ring is 1. The van der Waals surface area contributed by atoms with Crippen molar-refractivity contribution in [3.8, 4) is 0 Å². The summed E-state index contributed by atoms with van der Waals surface area (Å²) in [5, 5.41) is 20.3. The highest BCUT2D eigenvalue weighted by Crippen LogP contribution is 2.41. The molecule has 1 aromatic rings. The first-order valence-corrected chi connectivity index (χ1v) is 8.52. The van der Waals surface area contributed by atoms with E-state index in [0.29, 0.717) is 11.5 Å². The summed E-state index contributed by atoms with van der Waals surface area (Å²) in [6.45, 7) is -0.291. The van der Waals surface area contributed by atoms with Gasteiger partial charge in [-0.2, -0.15) is 0 Å². The van der Waals surface area contributed by atoms with Crippen molar-refractivity contribution in [3.63, 3.8) is 0 Å². The van der Waals surface area contributed by atoms with E-state index in [4.69, 9.17) is 20.3 Å². The molecular weight excluding hydrogens is 345 g/mol. The molecule has 6 N–H and O–H groups in total. The molecule has 1 fully saturated rings. The topological polar surface area (TPSA) is 175 Å². The molecule has 13 heteroatoms. The Bertz CT molecular complexity index is 672. The largest absolute Gasteiger partial charge is 0.469 e. The molecule has 24 heavy (non-hydrogen) atoms. The number of aliphatic hydroxyl groups excluding tert-OH is 2. The molecule has 0 aromatic carbocycles. The summed E-state index contributed by atoms with van der Waals surface area (Å²) in [5.74, 6) is 0.692. The van der Waals surface area contributed by atoms with Gasteiger partial charge in [0.15, 0.2) is 17.9 Å².